The van der Waals surface area contributed by atoms with Crippen LogP contribution in [0.5, 0.6) is 0 Å². The lowest BCUT2D eigenvalue weighted by atomic mass is 9.98. The number of thioether (sulfide) groups is 1. The molecule has 0 aromatic heterocycles. The second kappa shape index (κ2) is 9.67. The number of amides is 1. The van der Waals surface area contributed by atoms with Gasteiger partial charge in [-0.1, -0.05) is 60.3 Å². The van der Waals surface area contributed by atoms with E-state index in [-0.39, 0.29) is 29.3 Å². The van der Waals surface area contributed by atoms with Crippen molar-refractivity contribution in [2.75, 3.05) is 19.0 Å². The van der Waals surface area contributed by atoms with E-state index in [4.69, 9.17) is 9.47 Å². The van der Waals surface area contributed by atoms with E-state index in [1.165, 1.54) is 40.9 Å². The maximum absolute atomic E-state index is 12.5. The van der Waals surface area contributed by atoms with Crippen molar-refractivity contribution in [3.8, 4) is 11.1 Å². The smallest absolute Gasteiger partial charge is 0.407 e. The van der Waals surface area contributed by atoms with Crippen molar-refractivity contribution in [3.05, 3.63) is 59.7 Å². The normalized spacial score (nSPS) is 14.0. The van der Waals surface area contributed by atoms with Gasteiger partial charge in [0, 0.05) is 18.6 Å². The number of alkyl carbamates (subject to hydrolysis) is 1. The predicted octanol–water partition coefficient (Wildman–Crippen LogP) is 4.99. The van der Waals surface area contributed by atoms with Crippen LogP contribution in [0.3, 0.4) is 0 Å². The molecule has 0 radical (unpaired) electrons. The number of carbonyl (C=O) groups excluding carboxylic acids is 2. The summed E-state index contributed by atoms with van der Waals surface area (Å²) >= 11 is 1.17. The monoisotopic (exact) mass is 427 g/mol. The number of fused-ring (bicyclic) bond motifs is 3. The van der Waals surface area contributed by atoms with Crippen molar-refractivity contribution in [2.45, 2.75) is 45.3 Å². The average Bonchev–Trinajstić information content (AvgIpc) is 3.01. The predicted molar refractivity (Wildman–Crippen MR) is 121 cm³/mol. The lowest BCUT2D eigenvalue weighted by Crippen LogP contribution is -2.42. The summed E-state index contributed by atoms with van der Waals surface area (Å²) < 4.78 is 11.4. The summed E-state index contributed by atoms with van der Waals surface area (Å²) in [4.78, 5) is 23.9. The van der Waals surface area contributed by atoms with Gasteiger partial charge >= 0.3 is 6.09 Å². The zero-order valence-electron chi connectivity index (χ0n) is 17.9. The van der Waals surface area contributed by atoms with Crippen molar-refractivity contribution in [1.82, 2.24) is 5.32 Å². The molecule has 0 saturated carbocycles. The minimum atomic E-state index is -0.497. The van der Waals surface area contributed by atoms with E-state index in [0.29, 0.717) is 12.4 Å². The largest absolute Gasteiger partial charge is 0.449 e. The third kappa shape index (κ3) is 5.86. The van der Waals surface area contributed by atoms with Crippen LogP contribution in [0.1, 0.15) is 44.7 Å². The van der Waals surface area contributed by atoms with E-state index in [1.807, 2.05) is 45.0 Å². The number of benzene rings is 2. The highest BCUT2D eigenvalue weighted by Gasteiger charge is 2.29. The molecule has 0 fully saturated rings. The molecular weight excluding hydrogens is 398 g/mol. The minimum absolute atomic E-state index is 0.00472. The first-order valence-corrected chi connectivity index (χ1v) is 11.1. The molecular formula is C24H29NO4S. The molecule has 0 spiro atoms. The van der Waals surface area contributed by atoms with Crippen LogP contribution in [0.2, 0.25) is 0 Å². The molecule has 160 valence electrons. The fourth-order valence-electron chi connectivity index (χ4n) is 3.51. The van der Waals surface area contributed by atoms with Gasteiger partial charge in [0.25, 0.3) is 0 Å². The van der Waals surface area contributed by atoms with Crippen LogP contribution in [0.25, 0.3) is 11.1 Å². The number of nitrogens with one attached hydrogen (secondary N) is 1. The molecule has 0 aliphatic heterocycles. The van der Waals surface area contributed by atoms with Gasteiger partial charge in [0.1, 0.15) is 6.61 Å². The maximum atomic E-state index is 12.5. The van der Waals surface area contributed by atoms with Gasteiger partial charge in [-0.2, -0.15) is 0 Å². The van der Waals surface area contributed by atoms with Crippen LogP contribution in [-0.4, -0.2) is 41.8 Å². The molecule has 0 saturated heterocycles. The SMILES string of the molecule is CC(=O)SC[C@H](COC(C)(C)C)NC(=O)OCC1c2ccccc2-c2ccccc21. The van der Waals surface area contributed by atoms with Crippen LogP contribution < -0.4 is 5.32 Å². The lowest BCUT2D eigenvalue weighted by Gasteiger charge is -2.25. The Balaban J connectivity index is 1.63. The van der Waals surface area contributed by atoms with Gasteiger partial charge in [-0.3, -0.25) is 4.79 Å². The molecule has 0 unspecified atom stereocenters. The maximum Gasteiger partial charge on any atom is 0.407 e. The molecule has 0 bridgehead atoms. The Labute approximate surface area is 182 Å². The Bertz CT molecular complexity index is 861. The third-order valence-corrected chi connectivity index (χ3v) is 5.85. The van der Waals surface area contributed by atoms with E-state index >= 15 is 0 Å². The molecule has 2 aromatic carbocycles. The first-order valence-electron chi connectivity index (χ1n) is 10.1. The Kier molecular flexibility index (Phi) is 7.21. The fraction of sp³-hybridized carbons (Fsp3) is 0.417. The third-order valence-electron chi connectivity index (χ3n) is 4.87. The van der Waals surface area contributed by atoms with Crippen LogP contribution in [0.15, 0.2) is 48.5 Å². The molecule has 30 heavy (non-hydrogen) atoms. The van der Waals surface area contributed by atoms with Crippen molar-refractivity contribution < 1.29 is 19.1 Å². The zero-order valence-corrected chi connectivity index (χ0v) is 18.8. The molecule has 0 heterocycles. The number of ether oxygens (including phenoxy) is 2. The van der Waals surface area contributed by atoms with Gasteiger partial charge in [0.2, 0.25) is 0 Å². The van der Waals surface area contributed by atoms with Gasteiger partial charge in [-0.05, 0) is 43.0 Å². The van der Waals surface area contributed by atoms with Gasteiger partial charge in [-0.15, -0.1) is 0 Å². The van der Waals surface area contributed by atoms with Crippen molar-refractivity contribution in [3.63, 3.8) is 0 Å². The zero-order chi connectivity index (χ0) is 21.7. The van der Waals surface area contributed by atoms with Crippen LogP contribution in [-0.2, 0) is 14.3 Å². The first kappa shape index (κ1) is 22.4. The molecule has 6 heteroatoms. The summed E-state index contributed by atoms with van der Waals surface area (Å²) in [6, 6.07) is 16.1. The first-order chi connectivity index (χ1) is 14.2. The van der Waals surface area contributed by atoms with E-state index < -0.39 is 6.09 Å². The molecule has 3 rings (SSSR count). The Hall–Kier alpha value is -2.31. The summed E-state index contributed by atoms with van der Waals surface area (Å²) in [5.41, 5.74) is 4.40. The molecule has 1 aliphatic rings. The summed E-state index contributed by atoms with van der Waals surface area (Å²) in [6.07, 6.45) is -0.497. The van der Waals surface area contributed by atoms with E-state index in [0.717, 1.165) is 0 Å². The summed E-state index contributed by atoms with van der Waals surface area (Å²) in [5.74, 6) is 0.453. The van der Waals surface area contributed by atoms with E-state index in [2.05, 4.69) is 29.6 Å². The standard InChI is InChI=1S/C24H29NO4S/c1-16(26)30-15-17(13-29-24(2,3)4)25-23(27)28-14-22-20-11-7-5-9-18(20)19-10-6-8-12-21(19)22/h5-12,17,22H,13-15H2,1-4H3,(H,25,27)/t17-/m0/s1. The Morgan fingerprint density at radius 1 is 1.03 bits per heavy atom. The molecule has 1 aliphatic carbocycles. The van der Waals surface area contributed by atoms with Crippen LogP contribution in [0, 0.1) is 0 Å². The second-order valence-electron chi connectivity index (χ2n) is 8.39. The highest BCUT2D eigenvalue weighted by molar-refractivity contribution is 8.13. The average molecular weight is 428 g/mol. The Morgan fingerprint density at radius 3 is 2.13 bits per heavy atom. The number of hydrogen-bond acceptors (Lipinski definition) is 5. The van der Waals surface area contributed by atoms with E-state index in [9.17, 15) is 9.59 Å². The van der Waals surface area contributed by atoms with Crippen molar-refractivity contribution >= 4 is 23.0 Å². The van der Waals surface area contributed by atoms with Gasteiger partial charge < -0.3 is 14.8 Å². The molecule has 1 atom stereocenters. The minimum Gasteiger partial charge on any atom is -0.449 e. The summed E-state index contributed by atoms with van der Waals surface area (Å²) in [7, 11) is 0. The van der Waals surface area contributed by atoms with Gasteiger partial charge in [0.05, 0.1) is 18.2 Å². The second-order valence-corrected chi connectivity index (χ2v) is 9.59. The fourth-order valence-corrected chi connectivity index (χ4v) is 4.12. The van der Waals surface area contributed by atoms with Crippen LogP contribution in [0.4, 0.5) is 4.79 Å². The summed E-state index contributed by atoms with van der Waals surface area (Å²) in [5, 5.41) is 2.86. The highest BCUT2D eigenvalue weighted by Crippen LogP contribution is 2.44. The van der Waals surface area contributed by atoms with E-state index in [1.54, 1.807) is 0 Å². The Morgan fingerprint density at radius 2 is 1.60 bits per heavy atom. The molecule has 2 aromatic rings. The van der Waals surface area contributed by atoms with Crippen molar-refractivity contribution in [2.24, 2.45) is 0 Å². The van der Waals surface area contributed by atoms with Gasteiger partial charge in [0.15, 0.2) is 5.12 Å². The summed E-state index contributed by atoms with van der Waals surface area (Å²) in [6.45, 7) is 7.95. The lowest BCUT2D eigenvalue weighted by molar-refractivity contribution is -0.109. The molecule has 5 nitrogen and oxygen atoms in total. The molecule has 1 amide bonds. The van der Waals surface area contributed by atoms with Crippen LogP contribution >= 0.6 is 11.8 Å². The number of carbonyl (C=O) groups is 2. The quantitative estimate of drug-likeness (QED) is 0.674. The van der Waals surface area contributed by atoms with Crippen molar-refractivity contribution in [1.29, 1.82) is 0 Å². The number of hydrogen-bond donors (Lipinski definition) is 1. The number of rotatable bonds is 7. The topological polar surface area (TPSA) is 64.6 Å². The van der Waals surface area contributed by atoms with Gasteiger partial charge in [-0.25, -0.2) is 4.79 Å². The highest BCUT2D eigenvalue weighted by atomic mass is 32.2. The molecule has 1 N–H and O–H groups in total.